The summed E-state index contributed by atoms with van der Waals surface area (Å²) in [5.41, 5.74) is 8.53. The predicted octanol–water partition coefficient (Wildman–Crippen LogP) is 3.47. The molecule has 0 saturated carbocycles. The highest BCUT2D eigenvalue weighted by Gasteiger charge is 2.31. The summed E-state index contributed by atoms with van der Waals surface area (Å²) in [4.78, 5) is 2.36. The Labute approximate surface area is 183 Å². The molecule has 2 aromatic carbocycles. The molecule has 0 amide bonds. The van der Waals surface area contributed by atoms with Crippen LogP contribution in [0.5, 0.6) is 11.5 Å². The number of nitrogens with one attached hydrogen (secondary N) is 2. The highest BCUT2D eigenvalue weighted by Crippen LogP contribution is 2.38. The Morgan fingerprint density at radius 3 is 2.57 bits per heavy atom. The molecule has 0 spiro atoms. The molecule has 2 fully saturated rings. The number of aromatic hydroxyl groups is 1. The minimum atomic E-state index is -0.0310. The molecule has 7 heteroatoms. The van der Waals surface area contributed by atoms with Crippen LogP contribution in [0.25, 0.3) is 0 Å². The van der Waals surface area contributed by atoms with Crippen LogP contribution in [0.3, 0.4) is 0 Å². The Morgan fingerprint density at radius 1 is 1.13 bits per heavy atom. The number of hydrazine groups is 1. The maximum absolute atomic E-state index is 10.7. The number of rotatable bonds is 6. The van der Waals surface area contributed by atoms with Crippen LogP contribution >= 0.6 is 11.6 Å². The molecule has 0 aromatic heterocycles. The number of nitrogens with zero attached hydrogens (tertiary/aromatic N) is 1. The second kappa shape index (κ2) is 9.54. The smallest absolute Gasteiger partial charge is 0.124 e. The zero-order valence-electron chi connectivity index (χ0n) is 17.5. The molecule has 0 radical (unpaired) electrons. The Hall–Kier alpha value is -1.83. The molecule has 2 aliphatic heterocycles. The molecular formula is C23H30ClN3O3. The number of phenolic OH excluding ortho intramolecular Hbond substituents is 1. The molecule has 6 nitrogen and oxygen atoms in total. The van der Waals surface area contributed by atoms with Gasteiger partial charge in [0.05, 0.1) is 18.2 Å². The van der Waals surface area contributed by atoms with E-state index in [-0.39, 0.29) is 29.9 Å². The average molecular weight is 432 g/mol. The maximum Gasteiger partial charge on any atom is 0.124 e. The monoisotopic (exact) mass is 431 g/mol. The lowest BCUT2D eigenvalue weighted by atomic mass is 9.88. The van der Waals surface area contributed by atoms with Gasteiger partial charge in [-0.1, -0.05) is 29.8 Å². The fourth-order valence-corrected chi connectivity index (χ4v) is 4.57. The van der Waals surface area contributed by atoms with Crippen molar-refractivity contribution >= 4 is 11.6 Å². The van der Waals surface area contributed by atoms with Gasteiger partial charge in [0, 0.05) is 48.7 Å². The summed E-state index contributed by atoms with van der Waals surface area (Å²) >= 11 is 6.03. The summed E-state index contributed by atoms with van der Waals surface area (Å²) in [6, 6.07) is 13.4. The molecule has 2 saturated heterocycles. The number of ether oxygens (including phenoxy) is 2. The molecular weight excluding hydrogens is 402 g/mol. The predicted molar refractivity (Wildman–Crippen MR) is 118 cm³/mol. The third-order valence-corrected chi connectivity index (χ3v) is 6.04. The van der Waals surface area contributed by atoms with E-state index in [2.05, 4.69) is 29.6 Å². The van der Waals surface area contributed by atoms with Crippen LogP contribution in [0.2, 0.25) is 5.02 Å². The summed E-state index contributed by atoms with van der Waals surface area (Å²) in [6.45, 7) is 8.24. The van der Waals surface area contributed by atoms with Crippen molar-refractivity contribution < 1.29 is 14.6 Å². The van der Waals surface area contributed by atoms with Crippen molar-refractivity contribution in [3.8, 4) is 11.5 Å². The Kier molecular flexibility index (Phi) is 6.80. The first-order valence-corrected chi connectivity index (χ1v) is 10.9. The fourth-order valence-electron chi connectivity index (χ4n) is 4.45. The van der Waals surface area contributed by atoms with Gasteiger partial charge in [-0.2, -0.15) is 0 Å². The molecule has 4 atom stereocenters. The Balaban J connectivity index is 1.37. The quantitative estimate of drug-likeness (QED) is 0.651. The van der Waals surface area contributed by atoms with E-state index < -0.39 is 0 Å². The summed E-state index contributed by atoms with van der Waals surface area (Å²) in [7, 11) is 0. The average Bonchev–Trinajstić information content (AvgIpc) is 3.17. The van der Waals surface area contributed by atoms with E-state index in [9.17, 15) is 5.11 Å². The number of hydrogen-bond acceptors (Lipinski definition) is 6. The standard InChI is InChI=1S/C23H30ClN3O3/c1-15-13-27(14-16(2)30-15)9-10-29-19-7-8-20(22(28)11-19)23-21(12-25-26-23)17-3-5-18(24)6-4-17/h3-8,11,15-16,21,23,25-26,28H,9-10,12-14H2,1-2H3. The second-order valence-corrected chi connectivity index (χ2v) is 8.68. The number of benzene rings is 2. The minimum absolute atomic E-state index is 0.0310. The van der Waals surface area contributed by atoms with Gasteiger partial charge in [0.25, 0.3) is 0 Å². The Morgan fingerprint density at radius 2 is 1.87 bits per heavy atom. The maximum atomic E-state index is 10.7. The first-order valence-electron chi connectivity index (χ1n) is 10.6. The van der Waals surface area contributed by atoms with Crippen molar-refractivity contribution in [3.63, 3.8) is 0 Å². The van der Waals surface area contributed by atoms with Gasteiger partial charge < -0.3 is 14.6 Å². The van der Waals surface area contributed by atoms with Gasteiger partial charge in [0.2, 0.25) is 0 Å². The molecule has 162 valence electrons. The summed E-state index contributed by atoms with van der Waals surface area (Å²) in [5.74, 6) is 1.12. The van der Waals surface area contributed by atoms with Crippen molar-refractivity contribution in [1.29, 1.82) is 0 Å². The zero-order chi connectivity index (χ0) is 21.1. The van der Waals surface area contributed by atoms with Gasteiger partial charge in [-0.3, -0.25) is 10.3 Å². The van der Waals surface area contributed by atoms with Crippen molar-refractivity contribution in [2.75, 3.05) is 32.8 Å². The van der Waals surface area contributed by atoms with Crippen molar-refractivity contribution in [3.05, 3.63) is 58.6 Å². The van der Waals surface area contributed by atoms with Gasteiger partial charge in [0.1, 0.15) is 18.1 Å². The van der Waals surface area contributed by atoms with E-state index >= 15 is 0 Å². The largest absolute Gasteiger partial charge is 0.507 e. The second-order valence-electron chi connectivity index (χ2n) is 8.25. The highest BCUT2D eigenvalue weighted by molar-refractivity contribution is 6.30. The molecule has 3 N–H and O–H groups in total. The molecule has 4 rings (SSSR count). The lowest BCUT2D eigenvalue weighted by molar-refractivity contribution is -0.0699. The van der Waals surface area contributed by atoms with Gasteiger partial charge in [-0.05, 0) is 37.6 Å². The van der Waals surface area contributed by atoms with E-state index in [1.165, 1.54) is 5.56 Å². The SMILES string of the molecule is CC1CN(CCOc2ccc(C3NNCC3c3ccc(Cl)cc3)c(O)c2)CC(C)O1. The van der Waals surface area contributed by atoms with Gasteiger partial charge >= 0.3 is 0 Å². The van der Waals surface area contributed by atoms with E-state index in [1.54, 1.807) is 6.07 Å². The molecule has 2 heterocycles. The lowest BCUT2D eigenvalue weighted by Crippen LogP contribution is -2.46. The van der Waals surface area contributed by atoms with Crippen LogP contribution in [-0.2, 0) is 4.74 Å². The fraction of sp³-hybridized carbons (Fsp3) is 0.478. The van der Waals surface area contributed by atoms with E-state index in [0.29, 0.717) is 12.4 Å². The van der Waals surface area contributed by atoms with Crippen LogP contribution in [-0.4, -0.2) is 55.0 Å². The zero-order valence-corrected chi connectivity index (χ0v) is 18.2. The lowest BCUT2D eigenvalue weighted by Gasteiger charge is -2.35. The minimum Gasteiger partial charge on any atom is -0.507 e. The van der Waals surface area contributed by atoms with Crippen LogP contribution in [0.1, 0.15) is 36.9 Å². The van der Waals surface area contributed by atoms with Crippen LogP contribution in [0.15, 0.2) is 42.5 Å². The third kappa shape index (κ3) is 5.07. The normalized spacial score (nSPS) is 27.3. The molecule has 4 unspecified atom stereocenters. The summed E-state index contributed by atoms with van der Waals surface area (Å²) < 4.78 is 11.7. The molecule has 30 heavy (non-hydrogen) atoms. The first kappa shape index (κ1) is 21.4. The number of morpholine rings is 1. The Bertz CT molecular complexity index is 838. The number of halogens is 1. The molecule has 0 bridgehead atoms. The van der Waals surface area contributed by atoms with E-state index in [4.69, 9.17) is 21.1 Å². The van der Waals surface area contributed by atoms with E-state index in [1.807, 2.05) is 36.4 Å². The third-order valence-electron chi connectivity index (χ3n) is 5.79. The number of hydrogen-bond donors (Lipinski definition) is 3. The molecule has 0 aliphatic carbocycles. The number of phenols is 1. The van der Waals surface area contributed by atoms with Crippen molar-refractivity contribution in [1.82, 2.24) is 15.8 Å². The first-order chi connectivity index (χ1) is 14.5. The van der Waals surface area contributed by atoms with Crippen LogP contribution in [0.4, 0.5) is 0 Å². The van der Waals surface area contributed by atoms with Gasteiger partial charge in [0.15, 0.2) is 0 Å². The van der Waals surface area contributed by atoms with Crippen molar-refractivity contribution in [2.45, 2.75) is 38.0 Å². The molecule has 2 aliphatic rings. The van der Waals surface area contributed by atoms with Crippen molar-refractivity contribution in [2.24, 2.45) is 0 Å². The van der Waals surface area contributed by atoms with Crippen LogP contribution < -0.4 is 15.6 Å². The van der Waals surface area contributed by atoms with Gasteiger partial charge in [-0.25, -0.2) is 5.43 Å². The van der Waals surface area contributed by atoms with E-state index in [0.717, 1.165) is 36.8 Å². The topological polar surface area (TPSA) is 66.0 Å². The highest BCUT2D eigenvalue weighted by atomic mass is 35.5. The summed E-state index contributed by atoms with van der Waals surface area (Å²) in [5, 5.41) is 11.4. The summed E-state index contributed by atoms with van der Waals surface area (Å²) in [6.07, 6.45) is 0.497. The van der Waals surface area contributed by atoms with Gasteiger partial charge in [-0.15, -0.1) is 0 Å². The van der Waals surface area contributed by atoms with Crippen LogP contribution in [0, 0.1) is 0 Å². The molecule has 2 aromatic rings.